The minimum atomic E-state index is -0.821. The first-order chi connectivity index (χ1) is 6.65. The molecule has 3 nitrogen and oxygen atoms in total. The van der Waals surface area contributed by atoms with Gasteiger partial charge in [-0.05, 0) is 29.9 Å². The van der Waals surface area contributed by atoms with Crippen LogP contribution < -0.4 is 0 Å². The van der Waals surface area contributed by atoms with Gasteiger partial charge in [0.05, 0.1) is 16.6 Å². The van der Waals surface area contributed by atoms with E-state index in [1.807, 2.05) is 18.2 Å². The first-order valence-electron chi connectivity index (χ1n) is 3.99. The van der Waals surface area contributed by atoms with Crippen molar-refractivity contribution in [2.75, 3.05) is 0 Å². The number of H-pyrrole nitrogens is 1. The molecule has 0 fully saturated rings. The lowest BCUT2D eigenvalue weighted by molar-refractivity contribution is -0.136. The average molecular weight is 241 g/mol. The molecule has 0 radical (unpaired) electrons. The number of aromatic nitrogens is 1. The molecule has 1 aromatic heterocycles. The maximum atomic E-state index is 10.5. The summed E-state index contributed by atoms with van der Waals surface area (Å²) < 4.78 is 1.77. The lowest BCUT2D eigenvalue weighted by atomic mass is 10.1. The summed E-state index contributed by atoms with van der Waals surface area (Å²) in [6.07, 6.45) is 0.0480. The second kappa shape index (κ2) is 4.55. The van der Waals surface area contributed by atoms with Crippen LogP contribution in [0.4, 0.5) is 0 Å². The van der Waals surface area contributed by atoms with E-state index in [0.717, 1.165) is 15.8 Å². The van der Waals surface area contributed by atoms with E-state index in [-0.39, 0.29) is 13.8 Å². The molecule has 0 atom stereocenters. The highest BCUT2D eigenvalue weighted by Crippen LogP contribution is 2.20. The van der Waals surface area contributed by atoms with Gasteiger partial charge in [0, 0.05) is 0 Å². The molecule has 2 N–H and O–H groups in total. The molecule has 0 bridgehead atoms. The number of aliphatic carboxylic acids is 1. The highest BCUT2D eigenvalue weighted by Gasteiger charge is 2.02. The molecule has 1 aromatic carbocycles. The Morgan fingerprint density at radius 3 is 2.93 bits per heavy atom. The molecule has 80 valence electrons. The van der Waals surface area contributed by atoms with E-state index < -0.39 is 5.97 Å². The number of hydrogen-bond donors (Lipinski definition) is 2. The number of thiazole rings is 1. The summed E-state index contributed by atoms with van der Waals surface area (Å²) in [6.45, 7) is 0. The van der Waals surface area contributed by atoms with E-state index >= 15 is 0 Å². The molecule has 0 aliphatic carbocycles. The minimum Gasteiger partial charge on any atom is -0.481 e. The fourth-order valence-corrected chi connectivity index (χ4v) is 2.38. The Labute approximate surface area is 96.4 Å². The fraction of sp³-hybridized carbons (Fsp3) is 0.200. The number of aromatic amines is 1. The van der Waals surface area contributed by atoms with Crippen molar-refractivity contribution in [1.82, 2.24) is 4.98 Å². The second-order valence-electron chi connectivity index (χ2n) is 2.92. The van der Waals surface area contributed by atoms with Gasteiger partial charge in [0.15, 0.2) is 3.95 Å². The number of carbonyl (C=O) groups is 1. The molecule has 0 amide bonds. The van der Waals surface area contributed by atoms with Crippen molar-refractivity contribution in [3.63, 3.8) is 0 Å². The number of fused-ring (bicyclic) bond motifs is 1. The molecule has 1 heterocycles. The van der Waals surface area contributed by atoms with Gasteiger partial charge in [-0.2, -0.15) is 0 Å². The van der Waals surface area contributed by atoms with Gasteiger partial charge in [-0.3, -0.25) is 4.79 Å². The van der Waals surface area contributed by atoms with Crippen LogP contribution >= 0.6 is 23.6 Å². The van der Waals surface area contributed by atoms with Crippen LogP contribution in [0.3, 0.4) is 0 Å². The molecule has 15 heavy (non-hydrogen) atoms. The van der Waals surface area contributed by atoms with Crippen LogP contribution in [0.5, 0.6) is 0 Å². The molecule has 0 spiro atoms. The van der Waals surface area contributed by atoms with Gasteiger partial charge in [-0.1, -0.05) is 13.5 Å². The van der Waals surface area contributed by atoms with E-state index in [4.69, 9.17) is 17.3 Å². The third-order valence-electron chi connectivity index (χ3n) is 1.84. The molecule has 2 aromatic rings. The third kappa shape index (κ3) is 2.64. The standard InChI is InChI=1S/C9H7NO2S2.CH4/c11-8(12)4-5-1-2-7-6(3-5)10-9(13)14-7;/h1-3H,4H2,(H,10,13)(H,11,12);1H4. The lowest BCUT2D eigenvalue weighted by Gasteiger charge is -1.95. The Morgan fingerprint density at radius 2 is 2.27 bits per heavy atom. The molecule has 5 heteroatoms. The first-order valence-corrected chi connectivity index (χ1v) is 5.21. The molecule has 0 saturated carbocycles. The summed E-state index contributed by atoms with van der Waals surface area (Å²) >= 11 is 6.48. The topological polar surface area (TPSA) is 53.1 Å². The van der Waals surface area contributed by atoms with Gasteiger partial charge >= 0.3 is 5.97 Å². The number of benzene rings is 1. The fourth-order valence-electron chi connectivity index (χ4n) is 1.28. The highest BCUT2D eigenvalue weighted by atomic mass is 32.1. The number of nitrogens with one attached hydrogen (secondary N) is 1. The lowest BCUT2D eigenvalue weighted by Crippen LogP contribution is -1.99. The van der Waals surface area contributed by atoms with Gasteiger partial charge < -0.3 is 10.1 Å². The summed E-state index contributed by atoms with van der Waals surface area (Å²) in [6, 6.07) is 5.54. The molecule has 0 aliphatic rings. The first kappa shape index (κ1) is 11.9. The third-order valence-corrected chi connectivity index (χ3v) is 3.05. The molecule has 2 rings (SSSR count). The quantitative estimate of drug-likeness (QED) is 0.794. The predicted molar refractivity (Wildman–Crippen MR) is 65.1 cm³/mol. The maximum absolute atomic E-state index is 10.5. The van der Waals surface area contributed by atoms with Crippen LogP contribution in [0, 0.1) is 3.95 Å². The molecular formula is C10H11NO2S2. The zero-order chi connectivity index (χ0) is 10.1. The monoisotopic (exact) mass is 241 g/mol. The van der Waals surface area contributed by atoms with Crippen LogP contribution in [-0.2, 0) is 11.2 Å². The van der Waals surface area contributed by atoms with Crippen molar-refractivity contribution in [2.24, 2.45) is 0 Å². The van der Waals surface area contributed by atoms with Crippen LogP contribution in [-0.4, -0.2) is 16.1 Å². The molecule has 0 saturated heterocycles. The van der Waals surface area contributed by atoms with Crippen molar-refractivity contribution < 1.29 is 9.90 Å². The Hall–Kier alpha value is -1.20. The Bertz CT molecular complexity index is 542. The van der Waals surface area contributed by atoms with Crippen LogP contribution in [0.2, 0.25) is 0 Å². The summed E-state index contributed by atoms with van der Waals surface area (Å²) in [5, 5.41) is 8.62. The molecular weight excluding hydrogens is 230 g/mol. The normalized spacial score (nSPS) is 9.87. The highest BCUT2D eigenvalue weighted by molar-refractivity contribution is 7.73. The predicted octanol–water partition coefficient (Wildman–Crippen LogP) is 3.22. The van der Waals surface area contributed by atoms with Gasteiger partial charge in [0.1, 0.15) is 0 Å². The molecule has 0 unspecified atom stereocenters. The second-order valence-corrected chi connectivity index (χ2v) is 4.63. The van der Waals surface area contributed by atoms with E-state index in [2.05, 4.69) is 4.98 Å². The number of rotatable bonds is 2. The number of carboxylic acid groups (broad SMARTS) is 1. The van der Waals surface area contributed by atoms with Gasteiger partial charge in [0.2, 0.25) is 0 Å². The summed E-state index contributed by atoms with van der Waals surface area (Å²) in [7, 11) is 0. The van der Waals surface area contributed by atoms with Gasteiger partial charge in [-0.25, -0.2) is 0 Å². The Kier molecular flexibility index (Phi) is 3.60. The Morgan fingerprint density at radius 1 is 1.53 bits per heavy atom. The van der Waals surface area contributed by atoms with Gasteiger partial charge in [0.25, 0.3) is 0 Å². The largest absolute Gasteiger partial charge is 0.481 e. The zero-order valence-corrected chi connectivity index (χ0v) is 8.74. The maximum Gasteiger partial charge on any atom is 0.307 e. The van der Waals surface area contributed by atoms with Crippen LogP contribution in [0.1, 0.15) is 13.0 Å². The van der Waals surface area contributed by atoms with E-state index in [1.165, 1.54) is 11.3 Å². The van der Waals surface area contributed by atoms with Crippen molar-refractivity contribution in [3.8, 4) is 0 Å². The number of hydrogen-bond acceptors (Lipinski definition) is 3. The Balaban J connectivity index is 0.00000112. The SMILES string of the molecule is C.O=C(O)Cc1ccc2sc(=S)[nH]c2c1. The summed E-state index contributed by atoms with van der Waals surface area (Å²) in [5.41, 5.74) is 1.70. The van der Waals surface area contributed by atoms with Crippen molar-refractivity contribution in [3.05, 3.63) is 27.7 Å². The zero-order valence-electron chi connectivity index (χ0n) is 7.11. The smallest absolute Gasteiger partial charge is 0.307 e. The van der Waals surface area contributed by atoms with Gasteiger partial charge in [-0.15, -0.1) is 11.3 Å². The van der Waals surface area contributed by atoms with Crippen molar-refractivity contribution >= 4 is 39.7 Å². The van der Waals surface area contributed by atoms with E-state index in [0.29, 0.717) is 3.95 Å². The van der Waals surface area contributed by atoms with E-state index in [1.54, 1.807) is 0 Å². The number of carboxylic acids is 1. The van der Waals surface area contributed by atoms with Crippen molar-refractivity contribution in [2.45, 2.75) is 13.8 Å². The summed E-state index contributed by atoms with van der Waals surface area (Å²) in [4.78, 5) is 13.5. The summed E-state index contributed by atoms with van der Waals surface area (Å²) in [5.74, 6) is -0.821. The van der Waals surface area contributed by atoms with E-state index in [9.17, 15) is 4.79 Å². The average Bonchev–Trinajstić information content (AvgIpc) is 2.42. The van der Waals surface area contributed by atoms with Crippen molar-refractivity contribution in [1.29, 1.82) is 0 Å². The van der Waals surface area contributed by atoms with Crippen LogP contribution in [0.15, 0.2) is 18.2 Å². The van der Waals surface area contributed by atoms with Crippen LogP contribution in [0.25, 0.3) is 10.2 Å². The minimum absolute atomic E-state index is 0. The molecule has 0 aliphatic heterocycles.